The van der Waals surface area contributed by atoms with Gasteiger partial charge in [-0.05, 0) is 37.1 Å². The summed E-state index contributed by atoms with van der Waals surface area (Å²) >= 11 is 0. The smallest absolute Gasteiger partial charge is 0.239 e. The van der Waals surface area contributed by atoms with E-state index in [9.17, 15) is 4.79 Å². The fourth-order valence-electron chi connectivity index (χ4n) is 2.81. The second-order valence-corrected chi connectivity index (χ2v) is 5.66. The van der Waals surface area contributed by atoms with E-state index < -0.39 is 0 Å². The van der Waals surface area contributed by atoms with Gasteiger partial charge in [-0.1, -0.05) is 36.4 Å². The van der Waals surface area contributed by atoms with Crippen molar-refractivity contribution < 1.29 is 4.79 Å². The van der Waals surface area contributed by atoms with E-state index in [4.69, 9.17) is 4.98 Å². The highest BCUT2D eigenvalue weighted by Crippen LogP contribution is 2.19. The molecule has 0 aliphatic heterocycles. The maximum atomic E-state index is 12.1. The first-order valence-corrected chi connectivity index (χ1v) is 7.94. The minimum atomic E-state index is 0.0155. The average molecular weight is 307 g/mol. The van der Waals surface area contributed by atoms with Crippen molar-refractivity contribution in [1.82, 2.24) is 14.9 Å². The number of hydrogen-bond donors (Lipinski definition) is 1. The number of rotatable bonds is 5. The Balaban J connectivity index is 2.01. The van der Waals surface area contributed by atoms with Gasteiger partial charge >= 0.3 is 0 Å². The van der Waals surface area contributed by atoms with Crippen molar-refractivity contribution in [3.05, 3.63) is 65.5 Å². The minimum absolute atomic E-state index is 0.0155. The lowest BCUT2D eigenvalue weighted by molar-refractivity contribution is -0.121. The standard InChI is InChI=1S/C19H21N3O/c1-3-20-19(23)13-22-17-11-7-6-10-16(17)21-18(22)12-15-9-5-4-8-14(15)2/h4-11H,3,12-13H2,1-2H3,(H,20,23). The van der Waals surface area contributed by atoms with Gasteiger partial charge in [0, 0.05) is 13.0 Å². The molecule has 0 spiro atoms. The molecule has 1 heterocycles. The fraction of sp³-hybridized carbons (Fsp3) is 0.263. The van der Waals surface area contributed by atoms with Crippen LogP contribution in [0.2, 0.25) is 0 Å². The fourth-order valence-corrected chi connectivity index (χ4v) is 2.81. The lowest BCUT2D eigenvalue weighted by atomic mass is 10.1. The van der Waals surface area contributed by atoms with Crippen LogP contribution in [-0.2, 0) is 17.8 Å². The Hall–Kier alpha value is -2.62. The molecule has 3 rings (SSSR count). The average Bonchev–Trinajstić information content (AvgIpc) is 2.88. The highest BCUT2D eigenvalue weighted by atomic mass is 16.1. The third kappa shape index (κ3) is 3.26. The number of nitrogens with zero attached hydrogens (tertiary/aromatic N) is 2. The van der Waals surface area contributed by atoms with Gasteiger partial charge in [0.1, 0.15) is 12.4 Å². The van der Waals surface area contributed by atoms with Gasteiger partial charge in [0.05, 0.1) is 11.0 Å². The van der Waals surface area contributed by atoms with Crippen LogP contribution in [0.25, 0.3) is 11.0 Å². The van der Waals surface area contributed by atoms with E-state index in [1.165, 1.54) is 11.1 Å². The number of benzene rings is 2. The predicted octanol–water partition coefficient (Wildman–Crippen LogP) is 3.07. The maximum absolute atomic E-state index is 12.1. The largest absolute Gasteiger partial charge is 0.355 e. The molecule has 23 heavy (non-hydrogen) atoms. The third-order valence-corrected chi connectivity index (χ3v) is 4.02. The normalized spacial score (nSPS) is 10.9. The lowest BCUT2D eigenvalue weighted by Gasteiger charge is -2.10. The number of carbonyl (C=O) groups excluding carboxylic acids is 1. The van der Waals surface area contributed by atoms with Gasteiger partial charge in [-0.15, -0.1) is 0 Å². The second-order valence-electron chi connectivity index (χ2n) is 5.66. The Morgan fingerprint density at radius 1 is 1.13 bits per heavy atom. The van der Waals surface area contributed by atoms with Crippen LogP contribution in [0.4, 0.5) is 0 Å². The monoisotopic (exact) mass is 307 g/mol. The topological polar surface area (TPSA) is 46.9 Å². The van der Waals surface area contributed by atoms with Crippen LogP contribution in [0.1, 0.15) is 23.9 Å². The first-order chi connectivity index (χ1) is 11.2. The zero-order valence-corrected chi connectivity index (χ0v) is 13.5. The van der Waals surface area contributed by atoms with E-state index in [0.29, 0.717) is 13.1 Å². The predicted molar refractivity (Wildman–Crippen MR) is 92.4 cm³/mol. The summed E-state index contributed by atoms with van der Waals surface area (Å²) < 4.78 is 2.02. The molecule has 0 aliphatic rings. The summed E-state index contributed by atoms with van der Waals surface area (Å²) in [6.07, 6.45) is 0.723. The van der Waals surface area contributed by atoms with Crippen LogP contribution < -0.4 is 5.32 Å². The minimum Gasteiger partial charge on any atom is -0.355 e. The molecule has 0 saturated carbocycles. The molecule has 0 aliphatic carbocycles. The summed E-state index contributed by atoms with van der Waals surface area (Å²) in [5, 5.41) is 2.86. The van der Waals surface area contributed by atoms with E-state index >= 15 is 0 Å². The van der Waals surface area contributed by atoms with Gasteiger partial charge in [0.25, 0.3) is 0 Å². The van der Waals surface area contributed by atoms with E-state index in [2.05, 4.69) is 24.4 Å². The SMILES string of the molecule is CCNC(=O)Cn1c(Cc2ccccc2C)nc2ccccc21. The molecule has 0 radical (unpaired) electrons. The van der Waals surface area contributed by atoms with Crippen LogP contribution in [0.3, 0.4) is 0 Å². The number of fused-ring (bicyclic) bond motifs is 1. The van der Waals surface area contributed by atoms with Gasteiger partial charge < -0.3 is 9.88 Å². The molecule has 118 valence electrons. The van der Waals surface area contributed by atoms with Crippen LogP contribution >= 0.6 is 0 Å². The van der Waals surface area contributed by atoms with Crippen molar-refractivity contribution in [2.45, 2.75) is 26.8 Å². The Bertz CT molecular complexity index is 836. The zero-order valence-electron chi connectivity index (χ0n) is 13.5. The number of likely N-dealkylation sites (N-methyl/N-ethyl adjacent to an activating group) is 1. The molecule has 0 bridgehead atoms. The maximum Gasteiger partial charge on any atom is 0.239 e. The molecule has 1 N–H and O–H groups in total. The molecular formula is C19H21N3O. The van der Waals surface area contributed by atoms with E-state index in [0.717, 1.165) is 23.3 Å². The number of para-hydroxylation sites is 2. The van der Waals surface area contributed by atoms with Crippen LogP contribution in [-0.4, -0.2) is 22.0 Å². The molecule has 0 unspecified atom stereocenters. The van der Waals surface area contributed by atoms with Crippen LogP contribution in [0.5, 0.6) is 0 Å². The van der Waals surface area contributed by atoms with Gasteiger partial charge in [-0.25, -0.2) is 4.98 Å². The van der Waals surface area contributed by atoms with Crippen molar-refractivity contribution in [1.29, 1.82) is 0 Å². The molecule has 2 aromatic carbocycles. The highest BCUT2D eigenvalue weighted by Gasteiger charge is 2.14. The Kier molecular flexibility index (Phi) is 4.42. The summed E-state index contributed by atoms with van der Waals surface area (Å²) in [6, 6.07) is 16.3. The number of aromatic nitrogens is 2. The Morgan fingerprint density at radius 3 is 2.65 bits per heavy atom. The Labute approximate surface area is 136 Å². The van der Waals surface area contributed by atoms with E-state index in [-0.39, 0.29) is 5.91 Å². The Morgan fingerprint density at radius 2 is 1.87 bits per heavy atom. The zero-order chi connectivity index (χ0) is 16.2. The molecule has 4 heteroatoms. The first kappa shape index (κ1) is 15.3. The number of carbonyl (C=O) groups is 1. The molecular weight excluding hydrogens is 286 g/mol. The number of imidazole rings is 1. The second kappa shape index (κ2) is 6.65. The molecule has 1 amide bonds. The molecule has 3 aromatic rings. The van der Waals surface area contributed by atoms with Crippen molar-refractivity contribution in [3.8, 4) is 0 Å². The van der Waals surface area contributed by atoms with Gasteiger partial charge in [-0.3, -0.25) is 4.79 Å². The van der Waals surface area contributed by atoms with Crippen molar-refractivity contribution in [3.63, 3.8) is 0 Å². The number of nitrogens with one attached hydrogen (secondary N) is 1. The lowest BCUT2D eigenvalue weighted by Crippen LogP contribution is -2.27. The summed E-state index contributed by atoms with van der Waals surface area (Å²) in [5.41, 5.74) is 4.41. The number of hydrogen-bond acceptors (Lipinski definition) is 2. The molecule has 4 nitrogen and oxygen atoms in total. The molecule has 0 fully saturated rings. The highest BCUT2D eigenvalue weighted by molar-refractivity contribution is 5.81. The van der Waals surface area contributed by atoms with E-state index in [1.807, 2.05) is 47.9 Å². The van der Waals surface area contributed by atoms with Gasteiger partial charge in [0.15, 0.2) is 0 Å². The van der Waals surface area contributed by atoms with Gasteiger partial charge in [0.2, 0.25) is 5.91 Å². The summed E-state index contributed by atoms with van der Waals surface area (Å²) in [6.45, 7) is 4.97. The number of aryl methyl sites for hydroxylation is 1. The number of amides is 1. The van der Waals surface area contributed by atoms with Crippen molar-refractivity contribution in [2.75, 3.05) is 6.54 Å². The molecule has 1 aromatic heterocycles. The first-order valence-electron chi connectivity index (χ1n) is 7.94. The van der Waals surface area contributed by atoms with Crippen LogP contribution in [0.15, 0.2) is 48.5 Å². The summed E-state index contributed by atoms with van der Waals surface area (Å²) in [4.78, 5) is 16.8. The summed E-state index contributed by atoms with van der Waals surface area (Å²) in [5.74, 6) is 0.938. The van der Waals surface area contributed by atoms with Crippen molar-refractivity contribution in [2.24, 2.45) is 0 Å². The van der Waals surface area contributed by atoms with Crippen LogP contribution in [0, 0.1) is 6.92 Å². The quantitative estimate of drug-likeness (QED) is 0.787. The van der Waals surface area contributed by atoms with Crippen molar-refractivity contribution >= 4 is 16.9 Å². The molecule has 0 atom stereocenters. The summed E-state index contributed by atoms with van der Waals surface area (Å²) in [7, 11) is 0. The molecule has 0 saturated heterocycles. The van der Waals surface area contributed by atoms with Gasteiger partial charge in [-0.2, -0.15) is 0 Å². The third-order valence-electron chi connectivity index (χ3n) is 4.02. The van der Waals surface area contributed by atoms with E-state index in [1.54, 1.807) is 0 Å².